The van der Waals surface area contributed by atoms with Crippen LogP contribution >= 0.6 is 0 Å². The van der Waals surface area contributed by atoms with Crippen molar-refractivity contribution in [2.24, 2.45) is 5.10 Å². The van der Waals surface area contributed by atoms with E-state index in [4.69, 9.17) is 9.47 Å². The van der Waals surface area contributed by atoms with Crippen LogP contribution in [0.5, 0.6) is 11.5 Å². The maximum absolute atomic E-state index is 11.9. The number of hydrogen-bond donors (Lipinski definition) is 1. The Morgan fingerprint density at radius 3 is 2.14 bits per heavy atom. The quantitative estimate of drug-likeness (QED) is 0.199. The lowest BCUT2D eigenvalue weighted by atomic mass is 10.0. The van der Waals surface area contributed by atoms with Crippen molar-refractivity contribution in [1.82, 2.24) is 5.43 Å². The minimum absolute atomic E-state index is 0.0231. The molecule has 5 heteroatoms. The van der Waals surface area contributed by atoms with Gasteiger partial charge in [-0.2, -0.15) is 5.10 Å². The number of hydrazone groups is 1. The standard InChI is InChI=1S/C24H38N2O3/c1-2-3-4-5-6-7-8-9-10-11-12-13-14-15-24(27)26-25-19-21-16-17-22-23(18-21)29-20-28-22/h16-19H,2-15,20H2,1H3,(H,26,27). The van der Waals surface area contributed by atoms with Gasteiger partial charge in [-0.1, -0.05) is 84.0 Å². The third-order valence-electron chi connectivity index (χ3n) is 5.31. The van der Waals surface area contributed by atoms with Crippen molar-refractivity contribution in [3.8, 4) is 11.5 Å². The summed E-state index contributed by atoms with van der Waals surface area (Å²) in [6.07, 6.45) is 19.2. The smallest absolute Gasteiger partial charge is 0.240 e. The van der Waals surface area contributed by atoms with Gasteiger partial charge in [0, 0.05) is 6.42 Å². The molecule has 5 nitrogen and oxygen atoms in total. The highest BCUT2D eigenvalue weighted by Crippen LogP contribution is 2.31. The molecule has 0 radical (unpaired) electrons. The van der Waals surface area contributed by atoms with Crippen LogP contribution in [0, 0.1) is 0 Å². The molecule has 1 amide bonds. The first kappa shape index (κ1) is 23.2. The molecule has 1 aliphatic heterocycles. The van der Waals surface area contributed by atoms with E-state index in [1.807, 2.05) is 18.2 Å². The van der Waals surface area contributed by atoms with Gasteiger partial charge in [0.1, 0.15) is 0 Å². The highest BCUT2D eigenvalue weighted by atomic mass is 16.7. The molecule has 162 valence electrons. The van der Waals surface area contributed by atoms with E-state index in [1.54, 1.807) is 6.21 Å². The summed E-state index contributed by atoms with van der Waals surface area (Å²) < 4.78 is 10.6. The van der Waals surface area contributed by atoms with Crippen LogP contribution in [-0.2, 0) is 4.79 Å². The van der Waals surface area contributed by atoms with Gasteiger partial charge in [-0.3, -0.25) is 4.79 Å². The lowest BCUT2D eigenvalue weighted by molar-refractivity contribution is -0.121. The Hall–Kier alpha value is -2.04. The Labute approximate surface area is 176 Å². The van der Waals surface area contributed by atoms with Crippen molar-refractivity contribution in [1.29, 1.82) is 0 Å². The molecule has 0 saturated carbocycles. The summed E-state index contributed by atoms with van der Waals surface area (Å²) in [5.74, 6) is 1.44. The summed E-state index contributed by atoms with van der Waals surface area (Å²) in [7, 11) is 0. The predicted molar refractivity (Wildman–Crippen MR) is 119 cm³/mol. The second-order valence-electron chi connectivity index (χ2n) is 7.90. The van der Waals surface area contributed by atoms with Crippen molar-refractivity contribution in [2.75, 3.05) is 6.79 Å². The molecule has 1 aliphatic rings. The summed E-state index contributed by atoms with van der Waals surface area (Å²) in [6, 6.07) is 5.58. The maximum Gasteiger partial charge on any atom is 0.240 e. The summed E-state index contributed by atoms with van der Waals surface area (Å²) in [5.41, 5.74) is 3.47. The number of amides is 1. The minimum atomic E-state index is -0.0231. The number of carbonyl (C=O) groups excluding carboxylic acids is 1. The highest BCUT2D eigenvalue weighted by molar-refractivity contribution is 5.83. The summed E-state index contributed by atoms with van der Waals surface area (Å²) in [5, 5.41) is 4.03. The molecule has 29 heavy (non-hydrogen) atoms. The molecular weight excluding hydrogens is 364 g/mol. The maximum atomic E-state index is 11.9. The third-order valence-corrected chi connectivity index (χ3v) is 5.31. The molecule has 0 atom stereocenters. The topological polar surface area (TPSA) is 59.9 Å². The van der Waals surface area contributed by atoms with Gasteiger partial charge >= 0.3 is 0 Å². The van der Waals surface area contributed by atoms with Crippen molar-refractivity contribution in [2.45, 2.75) is 96.8 Å². The Balaban J connectivity index is 1.39. The molecule has 0 bridgehead atoms. The van der Waals surface area contributed by atoms with Gasteiger partial charge in [-0.05, 0) is 30.2 Å². The van der Waals surface area contributed by atoms with Crippen molar-refractivity contribution in [3.63, 3.8) is 0 Å². The van der Waals surface area contributed by atoms with Crippen LogP contribution in [0.4, 0.5) is 0 Å². The van der Waals surface area contributed by atoms with Crippen LogP contribution < -0.4 is 14.9 Å². The Kier molecular flexibility index (Phi) is 11.9. The molecule has 0 fully saturated rings. The fourth-order valence-corrected chi connectivity index (χ4v) is 3.53. The summed E-state index contributed by atoms with van der Waals surface area (Å²) in [4.78, 5) is 11.9. The fourth-order valence-electron chi connectivity index (χ4n) is 3.53. The lowest BCUT2D eigenvalue weighted by Crippen LogP contribution is -2.16. The number of benzene rings is 1. The largest absolute Gasteiger partial charge is 0.454 e. The summed E-state index contributed by atoms with van der Waals surface area (Å²) >= 11 is 0. The van der Waals surface area contributed by atoms with Crippen molar-refractivity contribution in [3.05, 3.63) is 23.8 Å². The number of nitrogens with zero attached hydrogens (tertiary/aromatic N) is 1. The zero-order valence-electron chi connectivity index (χ0n) is 18.1. The van der Waals surface area contributed by atoms with E-state index in [2.05, 4.69) is 17.5 Å². The zero-order chi connectivity index (χ0) is 20.6. The first-order valence-corrected chi connectivity index (χ1v) is 11.5. The number of rotatable bonds is 16. The molecule has 1 heterocycles. The number of unbranched alkanes of at least 4 members (excludes halogenated alkanes) is 12. The monoisotopic (exact) mass is 402 g/mol. The van der Waals surface area contributed by atoms with Gasteiger partial charge in [0.05, 0.1) is 6.21 Å². The number of carbonyl (C=O) groups is 1. The molecular formula is C24H38N2O3. The van der Waals surface area contributed by atoms with Gasteiger partial charge in [-0.25, -0.2) is 5.43 Å². The van der Waals surface area contributed by atoms with E-state index in [0.29, 0.717) is 12.2 Å². The molecule has 0 spiro atoms. The van der Waals surface area contributed by atoms with Gasteiger partial charge in [0.25, 0.3) is 0 Å². The van der Waals surface area contributed by atoms with E-state index < -0.39 is 0 Å². The normalized spacial score (nSPS) is 12.6. The third kappa shape index (κ3) is 10.3. The van der Waals surface area contributed by atoms with Gasteiger partial charge in [0.15, 0.2) is 11.5 Å². The van der Waals surface area contributed by atoms with E-state index in [0.717, 1.165) is 24.2 Å². The van der Waals surface area contributed by atoms with Gasteiger partial charge in [-0.15, -0.1) is 0 Å². The van der Waals surface area contributed by atoms with E-state index in [9.17, 15) is 4.79 Å². The number of nitrogens with one attached hydrogen (secondary N) is 1. The molecule has 0 unspecified atom stereocenters. The molecule has 1 N–H and O–H groups in total. The minimum Gasteiger partial charge on any atom is -0.454 e. The SMILES string of the molecule is CCCCCCCCCCCCCCCC(=O)NN=Cc1ccc2c(c1)OCO2. The van der Waals surface area contributed by atoms with Crippen LogP contribution in [-0.4, -0.2) is 18.9 Å². The molecule has 1 aromatic rings. The zero-order valence-corrected chi connectivity index (χ0v) is 18.1. The first-order chi connectivity index (χ1) is 14.3. The molecule has 0 saturated heterocycles. The van der Waals surface area contributed by atoms with Crippen molar-refractivity contribution >= 4 is 12.1 Å². The van der Waals surface area contributed by atoms with E-state index >= 15 is 0 Å². The van der Waals surface area contributed by atoms with Crippen LogP contribution in [0.2, 0.25) is 0 Å². The van der Waals surface area contributed by atoms with Gasteiger partial charge < -0.3 is 9.47 Å². The highest BCUT2D eigenvalue weighted by Gasteiger charge is 2.12. The predicted octanol–water partition coefficient (Wildman–Crippen LogP) is 6.35. The number of hydrogen-bond acceptors (Lipinski definition) is 4. The van der Waals surface area contributed by atoms with E-state index in [-0.39, 0.29) is 12.7 Å². The van der Waals surface area contributed by atoms with E-state index in [1.165, 1.54) is 70.6 Å². The fraction of sp³-hybridized carbons (Fsp3) is 0.667. The Morgan fingerprint density at radius 1 is 0.897 bits per heavy atom. The lowest BCUT2D eigenvalue weighted by Gasteiger charge is -2.03. The average Bonchev–Trinajstić information content (AvgIpc) is 3.19. The summed E-state index contributed by atoms with van der Waals surface area (Å²) in [6.45, 7) is 2.52. The Bertz CT molecular complexity index is 616. The molecule has 0 aromatic heterocycles. The van der Waals surface area contributed by atoms with Gasteiger partial charge in [0.2, 0.25) is 12.7 Å². The molecule has 2 rings (SSSR count). The molecule has 0 aliphatic carbocycles. The number of ether oxygens (including phenoxy) is 2. The van der Waals surface area contributed by atoms with Crippen LogP contribution in [0.1, 0.15) is 102 Å². The van der Waals surface area contributed by atoms with Crippen LogP contribution in [0.3, 0.4) is 0 Å². The second kappa shape index (κ2) is 14.9. The first-order valence-electron chi connectivity index (χ1n) is 11.5. The van der Waals surface area contributed by atoms with Crippen LogP contribution in [0.15, 0.2) is 23.3 Å². The average molecular weight is 403 g/mol. The van der Waals surface area contributed by atoms with Crippen molar-refractivity contribution < 1.29 is 14.3 Å². The number of fused-ring (bicyclic) bond motifs is 1. The second-order valence-corrected chi connectivity index (χ2v) is 7.90. The molecule has 1 aromatic carbocycles. The Morgan fingerprint density at radius 2 is 1.48 bits per heavy atom. The van der Waals surface area contributed by atoms with Crippen LogP contribution in [0.25, 0.3) is 0 Å².